The quantitative estimate of drug-likeness (QED) is 0.505. The lowest BCUT2D eigenvalue weighted by Crippen LogP contribution is -2.31. The fourth-order valence-corrected chi connectivity index (χ4v) is 1.55. The van der Waals surface area contributed by atoms with E-state index in [1.807, 2.05) is 13.8 Å². The van der Waals surface area contributed by atoms with Crippen molar-refractivity contribution in [2.45, 2.75) is 33.7 Å². The first-order valence-corrected chi connectivity index (χ1v) is 6.23. The molecule has 1 unspecified atom stereocenters. The van der Waals surface area contributed by atoms with Crippen molar-refractivity contribution in [2.75, 3.05) is 24.0 Å². The van der Waals surface area contributed by atoms with E-state index in [4.69, 9.17) is 10.6 Å². The number of hydrazine groups is 1. The molecule has 0 saturated heterocycles. The maximum absolute atomic E-state index is 5.47. The van der Waals surface area contributed by atoms with Crippen LogP contribution in [0.1, 0.15) is 26.6 Å². The van der Waals surface area contributed by atoms with Crippen molar-refractivity contribution in [3.8, 4) is 0 Å². The Hall–Kier alpha value is -1.40. The standard InChI is InChI=1S/C12H23N5O/c1-5-18-7-10(8(2)3)16-11-6-12(17-13)15-9(4)14-11/h6,8,10H,5,7,13H2,1-4H3,(H2,14,15,16,17). The third kappa shape index (κ3) is 4.46. The number of nitrogens with zero attached hydrogens (tertiary/aromatic N) is 2. The second-order valence-electron chi connectivity index (χ2n) is 4.48. The Labute approximate surface area is 108 Å². The molecule has 1 atom stereocenters. The number of rotatable bonds is 7. The van der Waals surface area contributed by atoms with Crippen LogP contribution in [0.4, 0.5) is 11.6 Å². The largest absolute Gasteiger partial charge is 0.380 e. The highest BCUT2D eigenvalue weighted by Gasteiger charge is 2.14. The van der Waals surface area contributed by atoms with Crippen LogP contribution in [0.15, 0.2) is 6.07 Å². The summed E-state index contributed by atoms with van der Waals surface area (Å²) in [6.45, 7) is 9.48. The molecule has 0 amide bonds. The van der Waals surface area contributed by atoms with Crippen LogP contribution >= 0.6 is 0 Å². The molecule has 1 rings (SSSR count). The van der Waals surface area contributed by atoms with E-state index in [1.165, 1.54) is 0 Å². The molecule has 0 fully saturated rings. The molecule has 6 nitrogen and oxygen atoms in total. The molecule has 0 spiro atoms. The number of hydrogen-bond acceptors (Lipinski definition) is 6. The summed E-state index contributed by atoms with van der Waals surface area (Å²) < 4.78 is 5.47. The Kier molecular flexibility index (Phi) is 5.80. The van der Waals surface area contributed by atoms with Crippen molar-refractivity contribution in [1.29, 1.82) is 0 Å². The lowest BCUT2D eigenvalue weighted by atomic mass is 10.1. The fourth-order valence-electron chi connectivity index (χ4n) is 1.55. The number of aromatic nitrogens is 2. The summed E-state index contributed by atoms with van der Waals surface area (Å²) in [5, 5.41) is 3.36. The van der Waals surface area contributed by atoms with E-state index in [9.17, 15) is 0 Å². The molecule has 0 aromatic carbocycles. The Morgan fingerprint density at radius 3 is 2.56 bits per heavy atom. The van der Waals surface area contributed by atoms with Crippen molar-refractivity contribution < 1.29 is 4.74 Å². The van der Waals surface area contributed by atoms with Gasteiger partial charge in [0.15, 0.2) is 0 Å². The van der Waals surface area contributed by atoms with Gasteiger partial charge in [0, 0.05) is 12.7 Å². The number of aryl methyl sites for hydroxylation is 1. The van der Waals surface area contributed by atoms with Crippen molar-refractivity contribution in [3.63, 3.8) is 0 Å². The van der Waals surface area contributed by atoms with Crippen LogP contribution in [0.2, 0.25) is 0 Å². The van der Waals surface area contributed by atoms with Gasteiger partial charge in [-0.2, -0.15) is 0 Å². The second-order valence-corrected chi connectivity index (χ2v) is 4.48. The molecule has 0 radical (unpaired) electrons. The molecule has 0 aliphatic carbocycles. The summed E-state index contributed by atoms with van der Waals surface area (Å²) in [5.41, 5.74) is 2.53. The van der Waals surface area contributed by atoms with Gasteiger partial charge in [-0.15, -0.1) is 0 Å². The van der Waals surface area contributed by atoms with Gasteiger partial charge < -0.3 is 15.5 Å². The molecular formula is C12H23N5O. The minimum atomic E-state index is 0.213. The maximum atomic E-state index is 5.47. The Morgan fingerprint density at radius 1 is 1.33 bits per heavy atom. The number of nitrogens with one attached hydrogen (secondary N) is 2. The van der Waals surface area contributed by atoms with Crippen LogP contribution in [0.25, 0.3) is 0 Å². The Morgan fingerprint density at radius 2 is 2.00 bits per heavy atom. The molecule has 0 bridgehead atoms. The zero-order valence-electron chi connectivity index (χ0n) is 11.5. The molecule has 1 aromatic heterocycles. The van der Waals surface area contributed by atoms with Gasteiger partial charge in [0.1, 0.15) is 17.5 Å². The second kappa shape index (κ2) is 7.13. The van der Waals surface area contributed by atoms with Crippen LogP contribution in [-0.4, -0.2) is 29.2 Å². The monoisotopic (exact) mass is 253 g/mol. The van der Waals surface area contributed by atoms with Gasteiger partial charge in [0.25, 0.3) is 0 Å². The number of hydrogen-bond donors (Lipinski definition) is 3. The first kappa shape index (κ1) is 14.7. The van der Waals surface area contributed by atoms with Gasteiger partial charge in [-0.3, -0.25) is 0 Å². The van der Waals surface area contributed by atoms with Gasteiger partial charge >= 0.3 is 0 Å². The summed E-state index contributed by atoms with van der Waals surface area (Å²) in [6, 6.07) is 2.00. The molecule has 0 aliphatic heterocycles. The van der Waals surface area contributed by atoms with Crippen molar-refractivity contribution >= 4 is 11.6 Å². The third-order valence-corrected chi connectivity index (χ3v) is 2.63. The average molecular weight is 253 g/mol. The lowest BCUT2D eigenvalue weighted by Gasteiger charge is -2.23. The van der Waals surface area contributed by atoms with Crippen LogP contribution in [0, 0.1) is 12.8 Å². The van der Waals surface area contributed by atoms with E-state index < -0.39 is 0 Å². The number of nitrogen functional groups attached to an aromatic ring is 1. The molecular weight excluding hydrogens is 230 g/mol. The molecule has 1 aromatic rings. The topological polar surface area (TPSA) is 85.1 Å². The number of nitrogens with two attached hydrogens (primary N) is 1. The van der Waals surface area contributed by atoms with E-state index in [1.54, 1.807) is 6.07 Å². The molecule has 0 aliphatic rings. The van der Waals surface area contributed by atoms with E-state index in [0.717, 1.165) is 5.82 Å². The van der Waals surface area contributed by atoms with Gasteiger partial charge in [-0.25, -0.2) is 15.8 Å². The fraction of sp³-hybridized carbons (Fsp3) is 0.667. The average Bonchev–Trinajstić information content (AvgIpc) is 2.33. The van der Waals surface area contributed by atoms with Crippen molar-refractivity contribution in [1.82, 2.24) is 9.97 Å². The predicted octanol–water partition coefficient (Wildman–Crippen LogP) is 1.54. The molecule has 4 N–H and O–H groups in total. The van der Waals surface area contributed by atoms with E-state index in [2.05, 4.69) is 34.6 Å². The highest BCUT2D eigenvalue weighted by molar-refractivity contribution is 5.47. The van der Waals surface area contributed by atoms with Gasteiger partial charge in [0.2, 0.25) is 0 Å². The molecule has 6 heteroatoms. The molecule has 1 heterocycles. The minimum absolute atomic E-state index is 0.213. The third-order valence-electron chi connectivity index (χ3n) is 2.63. The SMILES string of the molecule is CCOCC(Nc1cc(NN)nc(C)n1)C(C)C. The molecule has 18 heavy (non-hydrogen) atoms. The van der Waals surface area contributed by atoms with Gasteiger partial charge in [0.05, 0.1) is 12.6 Å². The van der Waals surface area contributed by atoms with E-state index in [-0.39, 0.29) is 6.04 Å². The van der Waals surface area contributed by atoms with E-state index >= 15 is 0 Å². The predicted molar refractivity (Wildman–Crippen MR) is 73.3 cm³/mol. The summed E-state index contributed by atoms with van der Waals surface area (Å²) in [5.74, 6) is 7.84. The highest BCUT2D eigenvalue weighted by Crippen LogP contribution is 2.14. The van der Waals surface area contributed by atoms with Crippen LogP contribution in [0.3, 0.4) is 0 Å². The first-order chi connectivity index (χ1) is 8.56. The number of anilines is 2. The lowest BCUT2D eigenvalue weighted by molar-refractivity contribution is 0.126. The smallest absolute Gasteiger partial charge is 0.145 e. The Balaban J connectivity index is 2.76. The summed E-state index contributed by atoms with van der Waals surface area (Å²) in [4.78, 5) is 8.49. The first-order valence-electron chi connectivity index (χ1n) is 6.23. The van der Waals surface area contributed by atoms with Gasteiger partial charge in [-0.1, -0.05) is 13.8 Å². The Bertz CT molecular complexity index is 369. The zero-order valence-corrected chi connectivity index (χ0v) is 11.5. The van der Waals surface area contributed by atoms with Crippen LogP contribution in [0.5, 0.6) is 0 Å². The normalized spacial score (nSPS) is 12.6. The highest BCUT2D eigenvalue weighted by atomic mass is 16.5. The minimum Gasteiger partial charge on any atom is -0.380 e. The van der Waals surface area contributed by atoms with E-state index in [0.29, 0.717) is 30.8 Å². The summed E-state index contributed by atoms with van der Waals surface area (Å²) in [6.07, 6.45) is 0. The van der Waals surface area contributed by atoms with Crippen molar-refractivity contribution in [2.24, 2.45) is 11.8 Å². The van der Waals surface area contributed by atoms with Gasteiger partial charge in [-0.05, 0) is 19.8 Å². The zero-order chi connectivity index (χ0) is 13.5. The van der Waals surface area contributed by atoms with Crippen molar-refractivity contribution in [3.05, 3.63) is 11.9 Å². The summed E-state index contributed by atoms with van der Waals surface area (Å²) in [7, 11) is 0. The molecule has 102 valence electrons. The number of ether oxygens (including phenoxy) is 1. The maximum Gasteiger partial charge on any atom is 0.145 e. The molecule has 0 saturated carbocycles. The summed E-state index contributed by atoms with van der Waals surface area (Å²) >= 11 is 0. The van der Waals surface area contributed by atoms with Crippen LogP contribution < -0.4 is 16.6 Å². The van der Waals surface area contributed by atoms with Crippen LogP contribution in [-0.2, 0) is 4.74 Å².